The van der Waals surface area contributed by atoms with E-state index in [1.165, 1.54) is 11.1 Å². The summed E-state index contributed by atoms with van der Waals surface area (Å²) in [5, 5.41) is 0. The van der Waals surface area contributed by atoms with Gasteiger partial charge in [0.05, 0.1) is 13.2 Å². The van der Waals surface area contributed by atoms with Gasteiger partial charge in [-0.2, -0.15) is 0 Å². The molecular formula is C19H19NO2. The number of rotatable bonds is 1. The van der Waals surface area contributed by atoms with Gasteiger partial charge in [0, 0.05) is 18.7 Å². The summed E-state index contributed by atoms with van der Waals surface area (Å²) in [6, 6.07) is 14.5. The SMILES string of the molecule is O=C(c1cccc2c1COC2)N1CCc2ccccc2CC1. The lowest BCUT2D eigenvalue weighted by Gasteiger charge is -2.21. The Morgan fingerprint density at radius 2 is 1.55 bits per heavy atom. The van der Waals surface area contributed by atoms with Crippen LogP contribution in [0.4, 0.5) is 0 Å². The van der Waals surface area contributed by atoms with Crippen LogP contribution in [0.25, 0.3) is 0 Å². The Morgan fingerprint density at radius 1 is 0.864 bits per heavy atom. The van der Waals surface area contributed by atoms with Crippen LogP contribution in [0, 0.1) is 0 Å². The van der Waals surface area contributed by atoms with Crippen LogP contribution in [0.1, 0.15) is 32.6 Å². The molecule has 0 fully saturated rings. The minimum atomic E-state index is 0.148. The van der Waals surface area contributed by atoms with Crippen molar-refractivity contribution in [3.8, 4) is 0 Å². The summed E-state index contributed by atoms with van der Waals surface area (Å²) in [7, 11) is 0. The molecule has 3 heteroatoms. The van der Waals surface area contributed by atoms with Gasteiger partial charge in [-0.1, -0.05) is 36.4 Å². The molecule has 0 atom stereocenters. The first kappa shape index (κ1) is 13.5. The molecule has 0 radical (unpaired) electrons. The van der Waals surface area contributed by atoms with E-state index in [4.69, 9.17) is 4.74 Å². The monoisotopic (exact) mass is 293 g/mol. The Labute approximate surface area is 130 Å². The van der Waals surface area contributed by atoms with Crippen molar-refractivity contribution in [3.05, 3.63) is 70.3 Å². The lowest BCUT2D eigenvalue weighted by atomic mass is 10.0. The van der Waals surface area contributed by atoms with Crippen molar-refractivity contribution in [1.82, 2.24) is 4.90 Å². The molecule has 112 valence electrons. The highest BCUT2D eigenvalue weighted by Gasteiger charge is 2.24. The molecular weight excluding hydrogens is 274 g/mol. The van der Waals surface area contributed by atoms with E-state index in [9.17, 15) is 4.79 Å². The summed E-state index contributed by atoms with van der Waals surface area (Å²) in [4.78, 5) is 14.9. The first-order valence-corrected chi connectivity index (χ1v) is 7.87. The molecule has 0 unspecified atom stereocenters. The third kappa shape index (κ3) is 2.32. The number of hydrogen-bond donors (Lipinski definition) is 0. The van der Waals surface area contributed by atoms with Crippen molar-refractivity contribution in [3.63, 3.8) is 0 Å². The van der Waals surface area contributed by atoms with Crippen molar-refractivity contribution >= 4 is 5.91 Å². The molecule has 2 aliphatic heterocycles. The molecule has 22 heavy (non-hydrogen) atoms. The average Bonchev–Trinajstić information content (AvgIpc) is 2.93. The van der Waals surface area contributed by atoms with Gasteiger partial charge in [0.1, 0.15) is 0 Å². The van der Waals surface area contributed by atoms with Gasteiger partial charge in [0.15, 0.2) is 0 Å². The Bertz CT molecular complexity index is 696. The van der Waals surface area contributed by atoms with E-state index in [2.05, 4.69) is 30.3 Å². The highest BCUT2D eigenvalue weighted by Crippen LogP contribution is 2.25. The number of hydrogen-bond acceptors (Lipinski definition) is 2. The lowest BCUT2D eigenvalue weighted by Crippen LogP contribution is -2.33. The smallest absolute Gasteiger partial charge is 0.254 e. The van der Waals surface area contributed by atoms with Crippen molar-refractivity contribution in [1.29, 1.82) is 0 Å². The Kier molecular flexibility index (Phi) is 3.43. The fourth-order valence-corrected chi connectivity index (χ4v) is 3.45. The number of carbonyl (C=O) groups is 1. The van der Waals surface area contributed by atoms with Gasteiger partial charge in [0.2, 0.25) is 0 Å². The summed E-state index contributed by atoms with van der Waals surface area (Å²) >= 11 is 0. The van der Waals surface area contributed by atoms with Crippen molar-refractivity contribution < 1.29 is 9.53 Å². The minimum absolute atomic E-state index is 0.148. The molecule has 2 aromatic rings. The largest absolute Gasteiger partial charge is 0.372 e. The molecule has 0 N–H and O–H groups in total. The lowest BCUT2D eigenvalue weighted by molar-refractivity contribution is 0.0758. The van der Waals surface area contributed by atoms with Crippen LogP contribution >= 0.6 is 0 Å². The molecule has 2 aromatic carbocycles. The van der Waals surface area contributed by atoms with E-state index in [1.54, 1.807) is 0 Å². The van der Waals surface area contributed by atoms with Crippen LogP contribution < -0.4 is 0 Å². The van der Waals surface area contributed by atoms with Gasteiger partial charge >= 0.3 is 0 Å². The Balaban J connectivity index is 1.59. The first-order chi connectivity index (χ1) is 10.8. The van der Waals surface area contributed by atoms with Crippen LogP contribution in [-0.4, -0.2) is 23.9 Å². The van der Waals surface area contributed by atoms with Crippen LogP contribution in [-0.2, 0) is 30.8 Å². The molecule has 0 aromatic heterocycles. The average molecular weight is 293 g/mol. The van der Waals surface area contributed by atoms with Crippen LogP contribution in [0.2, 0.25) is 0 Å². The van der Waals surface area contributed by atoms with Gasteiger partial charge in [-0.15, -0.1) is 0 Å². The van der Waals surface area contributed by atoms with Crippen LogP contribution in [0.15, 0.2) is 42.5 Å². The van der Waals surface area contributed by atoms with Gasteiger partial charge in [-0.3, -0.25) is 4.79 Å². The quantitative estimate of drug-likeness (QED) is 0.809. The molecule has 1 amide bonds. The zero-order valence-electron chi connectivity index (χ0n) is 12.5. The number of carbonyl (C=O) groups excluding carboxylic acids is 1. The van der Waals surface area contributed by atoms with Gasteiger partial charge < -0.3 is 9.64 Å². The van der Waals surface area contributed by atoms with Gasteiger partial charge in [0.25, 0.3) is 5.91 Å². The van der Waals surface area contributed by atoms with Gasteiger partial charge in [-0.05, 0) is 41.2 Å². The second-order valence-corrected chi connectivity index (χ2v) is 6.00. The summed E-state index contributed by atoms with van der Waals surface area (Å²) < 4.78 is 5.50. The summed E-state index contributed by atoms with van der Waals surface area (Å²) in [5.41, 5.74) is 5.80. The van der Waals surface area contributed by atoms with Gasteiger partial charge in [-0.25, -0.2) is 0 Å². The second kappa shape index (κ2) is 5.58. The number of nitrogens with zero attached hydrogens (tertiary/aromatic N) is 1. The third-order valence-corrected chi connectivity index (χ3v) is 4.72. The van der Waals surface area contributed by atoms with Crippen molar-refractivity contribution in [2.45, 2.75) is 26.1 Å². The molecule has 4 rings (SSSR count). The fraction of sp³-hybridized carbons (Fsp3) is 0.316. The highest BCUT2D eigenvalue weighted by molar-refractivity contribution is 5.96. The van der Waals surface area contributed by atoms with Crippen LogP contribution in [0.5, 0.6) is 0 Å². The predicted octanol–water partition coefficient (Wildman–Crippen LogP) is 2.96. The number of amides is 1. The minimum Gasteiger partial charge on any atom is -0.372 e. The Hall–Kier alpha value is -2.13. The normalized spacial score (nSPS) is 16.8. The molecule has 0 aliphatic carbocycles. The van der Waals surface area contributed by atoms with E-state index < -0.39 is 0 Å². The maximum absolute atomic E-state index is 12.9. The first-order valence-electron chi connectivity index (χ1n) is 7.87. The molecule has 2 aliphatic rings. The number of ether oxygens (including phenoxy) is 1. The number of benzene rings is 2. The standard InChI is InChI=1S/C19H19NO2/c21-19(17-7-3-6-16-12-22-13-18(16)17)20-10-8-14-4-1-2-5-15(14)9-11-20/h1-7H,8-13H2. The van der Waals surface area contributed by atoms with E-state index >= 15 is 0 Å². The summed E-state index contributed by atoms with van der Waals surface area (Å²) in [5.74, 6) is 0.148. The second-order valence-electron chi connectivity index (χ2n) is 6.00. The fourth-order valence-electron chi connectivity index (χ4n) is 3.45. The Morgan fingerprint density at radius 3 is 2.27 bits per heavy atom. The highest BCUT2D eigenvalue weighted by atomic mass is 16.5. The molecule has 0 saturated heterocycles. The van der Waals surface area contributed by atoms with Crippen molar-refractivity contribution in [2.75, 3.05) is 13.1 Å². The van der Waals surface area contributed by atoms with E-state index in [0.717, 1.165) is 42.6 Å². The summed E-state index contributed by atoms with van der Waals surface area (Å²) in [6.45, 7) is 2.77. The van der Waals surface area contributed by atoms with Crippen LogP contribution in [0.3, 0.4) is 0 Å². The topological polar surface area (TPSA) is 29.5 Å². The zero-order chi connectivity index (χ0) is 14.9. The van der Waals surface area contributed by atoms with E-state index in [0.29, 0.717) is 13.2 Å². The molecule has 0 bridgehead atoms. The molecule has 0 saturated carbocycles. The molecule has 3 nitrogen and oxygen atoms in total. The maximum atomic E-state index is 12.9. The molecule has 2 heterocycles. The maximum Gasteiger partial charge on any atom is 0.254 e. The number of fused-ring (bicyclic) bond motifs is 2. The van der Waals surface area contributed by atoms with E-state index in [-0.39, 0.29) is 5.91 Å². The zero-order valence-corrected chi connectivity index (χ0v) is 12.5. The summed E-state index contributed by atoms with van der Waals surface area (Å²) in [6.07, 6.45) is 1.88. The van der Waals surface area contributed by atoms with E-state index in [1.807, 2.05) is 17.0 Å². The molecule has 0 spiro atoms. The van der Waals surface area contributed by atoms with Crippen molar-refractivity contribution in [2.24, 2.45) is 0 Å². The third-order valence-electron chi connectivity index (χ3n) is 4.72. The predicted molar refractivity (Wildman–Crippen MR) is 84.7 cm³/mol.